The molecule has 0 N–H and O–H groups in total. The minimum atomic E-state index is 0. The zero-order valence-electron chi connectivity index (χ0n) is 11.0. The molecule has 0 radical (unpaired) electrons. The number of nitrogens with zero attached hydrogens (tertiary/aromatic N) is 1. The van der Waals surface area contributed by atoms with Crippen LogP contribution in [0, 0.1) is 0 Å². The van der Waals surface area contributed by atoms with Crippen LogP contribution in [0.25, 0.3) is 16.3 Å². The summed E-state index contributed by atoms with van der Waals surface area (Å²) in [4.78, 5) is 4.14. The van der Waals surface area contributed by atoms with Gasteiger partial charge in [0, 0.05) is 25.0 Å². The molecule has 0 amide bonds. The minimum Gasteiger partial charge on any atom is -0.489 e. The van der Waals surface area contributed by atoms with Crippen LogP contribution in [0.3, 0.4) is 0 Å². The molecule has 4 rings (SSSR count). The van der Waals surface area contributed by atoms with Crippen LogP contribution in [0.15, 0.2) is 60.1 Å². The van der Waals surface area contributed by atoms with Crippen LogP contribution in [-0.2, 0) is 19.5 Å². The number of fused-ring (bicyclic) bond motifs is 2. The Hall–Kier alpha value is -1.51. The summed E-state index contributed by atoms with van der Waals surface area (Å²) in [7, 11) is 0. The zero-order valence-corrected chi connectivity index (χ0v) is 14.8. The summed E-state index contributed by atoms with van der Waals surface area (Å²) in [5.41, 5.74) is 4.14. The molecule has 4 heteroatoms. The van der Waals surface area contributed by atoms with Crippen molar-refractivity contribution in [1.82, 2.24) is 4.98 Å². The van der Waals surface area contributed by atoms with Gasteiger partial charge in [0.2, 0.25) is 0 Å². The Bertz CT molecular complexity index is 678. The molecule has 0 spiro atoms. The number of thiazole rings is 1. The second-order valence-corrected chi connectivity index (χ2v) is 4.96. The van der Waals surface area contributed by atoms with E-state index in [-0.39, 0.29) is 19.5 Å². The van der Waals surface area contributed by atoms with E-state index in [0.717, 1.165) is 11.3 Å². The number of para-hydroxylation sites is 2. The third kappa shape index (κ3) is 3.53. The number of hydrogen-bond acceptors (Lipinski definition) is 3. The molecule has 2 nitrogen and oxygen atoms in total. The standard InChI is InChI=1S/C9H8O.C7H5NS.Zn/c1-2-6-9-8(4-1)5-3-7-10-9;1-2-4-7-6(3-1)8-5-9-7;/h1-6H,7H2;1-5H;. The molecule has 0 saturated heterocycles. The number of ether oxygens (including phenoxy) is 1. The predicted octanol–water partition coefficient (Wildman–Crippen LogP) is 4.39. The summed E-state index contributed by atoms with van der Waals surface area (Å²) in [5.74, 6) is 0.991. The van der Waals surface area contributed by atoms with Gasteiger partial charge in [0.1, 0.15) is 12.4 Å². The van der Waals surface area contributed by atoms with Gasteiger partial charge in [-0.05, 0) is 24.3 Å². The molecule has 3 aromatic rings. The average molecular weight is 333 g/mol. The first-order chi connectivity index (χ1) is 9.43. The Morgan fingerprint density at radius 2 is 1.80 bits per heavy atom. The molecule has 1 aromatic heterocycles. The van der Waals surface area contributed by atoms with E-state index in [1.165, 1.54) is 10.3 Å². The summed E-state index contributed by atoms with van der Waals surface area (Å²) in [6, 6.07) is 16.2. The topological polar surface area (TPSA) is 22.1 Å². The van der Waals surface area contributed by atoms with E-state index >= 15 is 0 Å². The molecule has 0 aliphatic carbocycles. The van der Waals surface area contributed by atoms with Gasteiger partial charge in [-0.2, -0.15) is 0 Å². The smallest absolute Gasteiger partial charge is 0.126 e. The Morgan fingerprint density at radius 3 is 2.65 bits per heavy atom. The number of benzene rings is 2. The van der Waals surface area contributed by atoms with Gasteiger partial charge in [0.15, 0.2) is 0 Å². The van der Waals surface area contributed by atoms with Gasteiger partial charge < -0.3 is 4.74 Å². The van der Waals surface area contributed by atoms with Crippen LogP contribution in [0.2, 0.25) is 0 Å². The van der Waals surface area contributed by atoms with Crippen molar-refractivity contribution in [2.45, 2.75) is 0 Å². The molecular weight excluding hydrogens is 320 g/mol. The van der Waals surface area contributed by atoms with Crippen molar-refractivity contribution >= 4 is 27.6 Å². The van der Waals surface area contributed by atoms with Gasteiger partial charge in [-0.25, -0.2) is 4.98 Å². The predicted molar refractivity (Wildman–Crippen MR) is 80.6 cm³/mol. The monoisotopic (exact) mass is 331 g/mol. The fraction of sp³-hybridized carbons (Fsp3) is 0.0625. The summed E-state index contributed by atoms with van der Waals surface area (Å²) < 4.78 is 6.60. The van der Waals surface area contributed by atoms with Crippen LogP contribution >= 0.6 is 11.3 Å². The molecule has 2 heterocycles. The Labute approximate surface area is 134 Å². The molecule has 1 aliphatic rings. The van der Waals surface area contributed by atoms with Crippen LogP contribution in [0.4, 0.5) is 0 Å². The van der Waals surface area contributed by atoms with Gasteiger partial charge in [-0.3, -0.25) is 0 Å². The largest absolute Gasteiger partial charge is 0.489 e. The number of rotatable bonds is 0. The maximum Gasteiger partial charge on any atom is 0.126 e. The molecule has 20 heavy (non-hydrogen) atoms. The first kappa shape index (κ1) is 14.9. The molecular formula is C16H13NOSZn. The molecule has 0 atom stereocenters. The second-order valence-electron chi connectivity index (χ2n) is 4.07. The molecule has 96 valence electrons. The maximum absolute atomic E-state index is 5.34. The number of hydrogen-bond donors (Lipinski definition) is 0. The Balaban J connectivity index is 0.000000141. The zero-order chi connectivity index (χ0) is 12.9. The van der Waals surface area contributed by atoms with Gasteiger partial charge in [-0.1, -0.05) is 36.4 Å². The van der Waals surface area contributed by atoms with Crippen molar-refractivity contribution in [3.63, 3.8) is 0 Å². The van der Waals surface area contributed by atoms with Crippen molar-refractivity contribution in [3.8, 4) is 5.75 Å². The Morgan fingerprint density at radius 1 is 1.00 bits per heavy atom. The van der Waals surface area contributed by atoms with Crippen molar-refractivity contribution < 1.29 is 24.2 Å². The van der Waals surface area contributed by atoms with E-state index in [1.54, 1.807) is 11.3 Å². The van der Waals surface area contributed by atoms with Crippen molar-refractivity contribution in [2.75, 3.05) is 6.61 Å². The van der Waals surface area contributed by atoms with Crippen LogP contribution in [-0.4, -0.2) is 11.6 Å². The fourth-order valence-electron chi connectivity index (χ4n) is 1.87. The third-order valence-corrected chi connectivity index (χ3v) is 3.60. The molecule has 1 aliphatic heterocycles. The maximum atomic E-state index is 5.34. The normalized spacial score (nSPS) is 11.6. The molecule has 0 bridgehead atoms. The van der Waals surface area contributed by atoms with E-state index in [2.05, 4.69) is 17.1 Å². The molecule has 0 fully saturated rings. The van der Waals surface area contributed by atoms with Gasteiger partial charge in [0.05, 0.1) is 15.7 Å². The number of aromatic nitrogens is 1. The summed E-state index contributed by atoms with van der Waals surface area (Å²) in [6.07, 6.45) is 4.10. The molecule has 2 aromatic carbocycles. The van der Waals surface area contributed by atoms with Gasteiger partial charge >= 0.3 is 0 Å². The SMILES string of the molecule is C1=Cc2ccccc2OC1.[Zn].c1ccc2scnc2c1. The van der Waals surface area contributed by atoms with Crippen molar-refractivity contribution in [2.24, 2.45) is 0 Å². The van der Waals surface area contributed by atoms with Crippen LogP contribution in [0.5, 0.6) is 5.75 Å². The average Bonchev–Trinajstić information content (AvgIpc) is 2.96. The van der Waals surface area contributed by atoms with E-state index in [4.69, 9.17) is 4.74 Å². The fourth-order valence-corrected chi connectivity index (χ4v) is 2.54. The Kier molecular flexibility index (Phi) is 5.45. The van der Waals surface area contributed by atoms with Crippen LogP contribution < -0.4 is 4.74 Å². The first-order valence-electron chi connectivity index (χ1n) is 6.10. The van der Waals surface area contributed by atoms with Crippen LogP contribution in [0.1, 0.15) is 5.56 Å². The summed E-state index contributed by atoms with van der Waals surface area (Å²) in [6.45, 7) is 0.705. The first-order valence-corrected chi connectivity index (χ1v) is 6.98. The van der Waals surface area contributed by atoms with E-state index in [0.29, 0.717) is 6.61 Å². The molecule has 0 unspecified atom stereocenters. The van der Waals surface area contributed by atoms with E-state index < -0.39 is 0 Å². The summed E-state index contributed by atoms with van der Waals surface area (Å²) >= 11 is 1.68. The third-order valence-electron chi connectivity index (χ3n) is 2.79. The second kappa shape index (κ2) is 7.32. The minimum absolute atomic E-state index is 0. The summed E-state index contributed by atoms with van der Waals surface area (Å²) in [5, 5.41) is 0. The van der Waals surface area contributed by atoms with E-state index in [9.17, 15) is 0 Å². The quantitative estimate of drug-likeness (QED) is 0.570. The van der Waals surface area contributed by atoms with E-state index in [1.807, 2.05) is 54.1 Å². The van der Waals surface area contributed by atoms with Gasteiger partial charge in [0.25, 0.3) is 0 Å². The van der Waals surface area contributed by atoms with Crippen molar-refractivity contribution in [1.29, 1.82) is 0 Å². The molecule has 0 saturated carbocycles. The van der Waals surface area contributed by atoms with Gasteiger partial charge in [-0.15, -0.1) is 11.3 Å². The van der Waals surface area contributed by atoms with Crippen molar-refractivity contribution in [3.05, 3.63) is 65.7 Å².